The van der Waals surface area contributed by atoms with Gasteiger partial charge in [0, 0.05) is 49.8 Å². The lowest BCUT2D eigenvalue weighted by Crippen LogP contribution is -2.57. The van der Waals surface area contributed by atoms with Crippen LogP contribution in [0.4, 0.5) is 5.69 Å². The summed E-state index contributed by atoms with van der Waals surface area (Å²) in [6.07, 6.45) is 5.43. The highest BCUT2D eigenvalue weighted by atomic mass is 16.4. The summed E-state index contributed by atoms with van der Waals surface area (Å²) in [5.74, 6) is 0.441. The maximum atomic E-state index is 12.9. The normalized spacial score (nSPS) is 19.8. The number of β-amino-alcohol motifs (C(OH)–C–C–N with tert-alkyl or cyclic N) is 1. The Labute approximate surface area is 185 Å². The monoisotopic (exact) mass is 433 g/mol. The summed E-state index contributed by atoms with van der Waals surface area (Å²) in [5.41, 5.74) is 2.82. The van der Waals surface area contributed by atoms with Gasteiger partial charge in [0.1, 0.15) is 5.69 Å². The van der Waals surface area contributed by atoms with Gasteiger partial charge < -0.3 is 18.8 Å². The number of hydrogen-bond donors (Lipinski definition) is 1. The number of fused-ring (bicyclic) bond motifs is 2. The molecule has 1 aliphatic heterocycles. The molecule has 1 N–H and O–H groups in total. The first-order valence-corrected chi connectivity index (χ1v) is 10.9. The third kappa shape index (κ3) is 3.65. The van der Waals surface area contributed by atoms with Crippen LogP contribution in [0.3, 0.4) is 0 Å². The number of piperazine rings is 1. The van der Waals surface area contributed by atoms with Crippen LogP contribution < -0.4 is 10.5 Å². The highest BCUT2D eigenvalue weighted by Crippen LogP contribution is 2.27. The Hall–Kier alpha value is -3.23. The molecule has 0 amide bonds. The quantitative estimate of drug-likeness (QED) is 0.529. The Morgan fingerprint density at radius 2 is 1.94 bits per heavy atom. The van der Waals surface area contributed by atoms with Crippen molar-refractivity contribution >= 4 is 22.1 Å². The van der Waals surface area contributed by atoms with Gasteiger partial charge in [-0.05, 0) is 44.4 Å². The molecule has 166 valence electrons. The minimum absolute atomic E-state index is 0.163. The van der Waals surface area contributed by atoms with Crippen molar-refractivity contribution in [1.29, 1.82) is 0 Å². The van der Waals surface area contributed by atoms with Gasteiger partial charge in [0.05, 0.1) is 23.9 Å². The van der Waals surface area contributed by atoms with Crippen LogP contribution >= 0.6 is 0 Å². The lowest BCUT2D eigenvalue weighted by molar-refractivity contribution is 0.103. The SMILES string of the molecule is Cc1cn2cc(-c3cc4ccc(N5C[C@@H](C)N(CCO)[C@@H](C)C5)cc4c(=O)o3)nc2cn1. The second-order valence-electron chi connectivity index (χ2n) is 8.65. The Morgan fingerprint density at radius 3 is 2.69 bits per heavy atom. The number of hydrogen-bond acceptors (Lipinski definition) is 7. The molecule has 3 aromatic heterocycles. The standard InChI is InChI=1S/C24H27N5O3/c1-15-11-28-14-21(26-23(28)10-25-15)22-8-18-4-5-19(9-20(18)24(31)32-22)27-12-16(2)29(6-7-30)17(3)13-27/h4-5,8-11,14,16-17,30H,6-7,12-13H2,1-3H3/t16-,17+. The van der Waals surface area contributed by atoms with Crippen molar-refractivity contribution in [3.63, 3.8) is 0 Å². The van der Waals surface area contributed by atoms with Crippen LogP contribution in [-0.4, -0.2) is 62.7 Å². The van der Waals surface area contributed by atoms with Crippen molar-refractivity contribution in [2.24, 2.45) is 0 Å². The molecule has 1 aliphatic rings. The summed E-state index contributed by atoms with van der Waals surface area (Å²) in [6, 6.07) is 8.45. The minimum Gasteiger partial charge on any atom is -0.421 e. The van der Waals surface area contributed by atoms with E-state index in [1.807, 2.05) is 41.9 Å². The van der Waals surface area contributed by atoms with Crippen molar-refractivity contribution in [3.05, 3.63) is 59.0 Å². The summed E-state index contributed by atoms with van der Waals surface area (Å²) in [5, 5.41) is 10.7. The maximum Gasteiger partial charge on any atom is 0.344 e. The van der Waals surface area contributed by atoms with Crippen LogP contribution in [0.15, 0.2) is 52.1 Å². The molecule has 2 atom stereocenters. The molecule has 0 spiro atoms. The van der Waals surface area contributed by atoms with Gasteiger partial charge in [0.25, 0.3) is 0 Å². The fraction of sp³-hybridized carbons (Fsp3) is 0.375. The van der Waals surface area contributed by atoms with Crippen molar-refractivity contribution in [2.45, 2.75) is 32.9 Å². The van der Waals surface area contributed by atoms with Crippen LogP contribution in [0.25, 0.3) is 27.9 Å². The molecule has 0 bridgehead atoms. The topological polar surface area (TPSA) is 87.1 Å². The number of imidazole rings is 1. The molecule has 0 unspecified atom stereocenters. The Morgan fingerprint density at radius 1 is 1.16 bits per heavy atom. The van der Waals surface area contributed by atoms with E-state index in [4.69, 9.17) is 4.42 Å². The van der Waals surface area contributed by atoms with E-state index >= 15 is 0 Å². The van der Waals surface area contributed by atoms with Gasteiger partial charge in [-0.25, -0.2) is 9.78 Å². The Bertz CT molecular complexity index is 1330. The largest absolute Gasteiger partial charge is 0.421 e. The van der Waals surface area contributed by atoms with E-state index in [-0.39, 0.29) is 12.2 Å². The fourth-order valence-corrected chi connectivity index (χ4v) is 4.74. The average Bonchev–Trinajstić information content (AvgIpc) is 3.19. The molecule has 0 saturated carbocycles. The van der Waals surface area contributed by atoms with Gasteiger partial charge in [0.2, 0.25) is 0 Å². The second kappa shape index (κ2) is 8.03. The molecule has 8 heteroatoms. The molecular formula is C24H27N5O3. The number of rotatable bonds is 4. The molecule has 0 aliphatic carbocycles. The second-order valence-corrected chi connectivity index (χ2v) is 8.65. The predicted octanol–water partition coefficient (Wildman–Crippen LogP) is 2.70. The van der Waals surface area contributed by atoms with E-state index < -0.39 is 0 Å². The zero-order chi connectivity index (χ0) is 22.4. The lowest BCUT2D eigenvalue weighted by atomic mass is 10.1. The van der Waals surface area contributed by atoms with Crippen LogP contribution in [0.2, 0.25) is 0 Å². The highest BCUT2D eigenvalue weighted by Gasteiger charge is 2.29. The number of aliphatic hydroxyl groups excluding tert-OH is 1. The van der Waals surface area contributed by atoms with Gasteiger partial charge >= 0.3 is 5.63 Å². The summed E-state index contributed by atoms with van der Waals surface area (Å²) in [7, 11) is 0. The molecule has 4 heterocycles. The third-order valence-corrected chi connectivity index (χ3v) is 6.29. The van der Waals surface area contributed by atoms with Crippen molar-refractivity contribution in [3.8, 4) is 11.5 Å². The number of nitrogens with zero attached hydrogens (tertiary/aromatic N) is 5. The first kappa shape index (κ1) is 20.7. The maximum absolute atomic E-state index is 12.9. The first-order chi connectivity index (χ1) is 15.4. The number of benzene rings is 1. The zero-order valence-corrected chi connectivity index (χ0v) is 18.5. The fourth-order valence-electron chi connectivity index (χ4n) is 4.74. The number of aliphatic hydroxyl groups is 1. The van der Waals surface area contributed by atoms with Crippen LogP contribution in [0.1, 0.15) is 19.5 Å². The third-order valence-electron chi connectivity index (χ3n) is 6.29. The molecule has 4 aromatic rings. The zero-order valence-electron chi connectivity index (χ0n) is 18.5. The van der Waals surface area contributed by atoms with E-state index in [1.54, 1.807) is 6.20 Å². The lowest BCUT2D eigenvalue weighted by Gasteiger charge is -2.45. The molecule has 5 rings (SSSR count). The highest BCUT2D eigenvalue weighted by molar-refractivity contribution is 5.87. The van der Waals surface area contributed by atoms with Gasteiger partial charge in [-0.2, -0.15) is 0 Å². The summed E-state index contributed by atoms with van der Waals surface area (Å²) in [4.78, 5) is 26.3. The number of anilines is 1. The van der Waals surface area contributed by atoms with Crippen molar-refractivity contribution in [2.75, 3.05) is 31.1 Å². The summed E-state index contributed by atoms with van der Waals surface area (Å²) < 4.78 is 7.54. The summed E-state index contributed by atoms with van der Waals surface area (Å²) in [6.45, 7) is 8.79. The molecule has 1 fully saturated rings. The summed E-state index contributed by atoms with van der Waals surface area (Å²) >= 11 is 0. The molecular weight excluding hydrogens is 406 g/mol. The first-order valence-electron chi connectivity index (χ1n) is 10.9. The minimum atomic E-state index is -0.370. The van der Waals surface area contributed by atoms with Gasteiger partial charge in [0.15, 0.2) is 11.4 Å². The smallest absolute Gasteiger partial charge is 0.344 e. The number of aryl methyl sites for hydroxylation is 1. The molecule has 1 aromatic carbocycles. The van der Waals surface area contributed by atoms with E-state index in [0.29, 0.717) is 41.1 Å². The molecule has 1 saturated heterocycles. The van der Waals surface area contributed by atoms with E-state index in [9.17, 15) is 9.90 Å². The van der Waals surface area contributed by atoms with Gasteiger partial charge in [-0.1, -0.05) is 6.07 Å². The van der Waals surface area contributed by atoms with Crippen LogP contribution in [0.5, 0.6) is 0 Å². The molecule has 8 nitrogen and oxygen atoms in total. The van der Waals surface area contributed by atoms with E-state index in [0.717, 1.165) is 29.9 Å². The Balaban J connectivity index is 1.48. The Kier molecular flexibility index (Phi) is 5.19. The van der Waals surface area contributed by atoms with Crippen LogP contribution in [0, 0.1) is 6.92 Å². The number of aromatic nitrogens is 3. The van der Waals surface area contributed by atoms with Gasteiger partial charge in [-0.15, -0.1) is 0 Å². The van der Waals surface area contributed by atoms with Crippen molar-refractivity contribution in [1.82, 2.24) is 19.3 Å². The van der Waals surface area contributed by atoms with E-state index in [2.05, 4.69) is 39.7 Å². The predicted molar refractivity (Wildman–Crippen MR) is 124 cm³/mol. The molecule has 0 radical (unpaired) electrons. The van der Waals surface area contributed by atoms with E-state index in [1.165, 1.54) is 0 Å². The van der Waals surface area contributed by atoms with Gasteiger partial charge in [-0.3, -0.25) is 9.88 Å². The average molecular weight is 434 g/mol. The van der Waals surface area contributed by atoms with Crippen LogP contribution in [-0.2, 0) is 0 Å². The van der Waals surface area contributed by atoms with Crippen molar-refractivity contribution < 1.29 is 9.52 Å². The molecule has 32 heavy (non-hydrogen) atoms.